The molecule has 0 saturated heterocycles. The smallest absolute Gasteiger partial charge is 0.236 e. The Balaban J connectivity index is 0.00000210. The van der Waals surface area contributed by atoms with E-state index < -0.39 is 0 Å². The van der Waals surface area contributed by atoms with Crippen LogP contribution in [0.3, 0.4) is 0 Å². The number of nitrogens with one attached hydrogen (secondary N) is 2. The molecule has 0 spiro atoms. The standard InChI is InChI=1S/C20H22N4OS.HI/c1-21-19(23-14-20(9-10-20)15-6-3-2-4-7-15)22-12-16-13-25-18(24-16)17-8-5-11-26-17;/h2-8,11,13H,9-10,12,14H2,1H3,(H2,21,22,23);1H. The van der Waals surface area contributed by atoms with Crippen molar-refractivity contribution >= 4 is 41.3 Å². The van der Waals surface area contributed by atoms with Crippen LogP contribution in [0, 0.1) is 0 Å². The van der Waals surface area contributed by atoms with Gasteiger partial charge in [0.05, 0.1) is 17.1 Å². The van der Waals surface area contributed by atoms with Gasteiger partial charge in [0.1, 0.15) is 6.26 Å². The minimum atomic E-state index is 0. The fourth-order valence-electron chi connectivity index (χ4n) is 3.06. The molecule has 7 heteroatoms. The van der Waals surface area contributed by atoms with E-state index in [2.05, 4.69) is 50.9 Å². The predicted molar refractivity (Wildman–Crippen MR) is 121 cm³/mol. The molecular weight excluding hydrogens is 471 g/mol. The van der Waals surface area contributed by atoms with Crippen LogP contribution in [0.2, 0.25) is 0 Å². The average Bonchev–Trinajstić information content (AvgIpc) is 3.09. The molecule has 0 atom stereocenters. The van der Waals surface area contributed by atoms with Gasteiger partial charge in [0.2, 0.25) is 5.89 Å². The summed E-state index contributed by atoms with van der Waals surface area (Å²) in [7, 11) is 1.79. The minimum Gasteiger partial charge on any atom is -0.443 e. The van der Waals surface area contributed by atoms with Crippen LogP contribution in [0.4, 0.5) is 0 Å². The lowest BCUT2D eigenvalue weighted by Crippen LogP contribution is -2.40. The molecule has 1 aliphatic rings. The summed E-state index contributed by atoms with van der Waals surface area (Å²) in [6.07, 6.45) is 4.13. The zero-order valence-electron chi connectivity index (χ0n) is 15.1. The summed E-state index contributed by atoms with van der Waals surface area (Å²) in [6.45, 7) is 1.46. The molecule has 0 aliphatic heterocycles. The molecule has 0 bridgehead atoms. The molecule has 27 heavy (non-hydrogen) atoms. The van der Waals surface area contributed by atoms with E-state index >= 15 is 0 Å². The number of rotatable bonds is 6. The first-order valence-electron chi connectivity index (χ1n) is 8.77. The Labute approximate surface area is 180 Å². The van der Waals surface area contributed by atoms with Crippen LogP contribution >= 0.6 is 35.3 Å². The summed E-state index contributed by atoms with van der Waals surface area (Å²) >= 11 is 1.62. The summed E-state index contributed by atoms with van der Waals surface area (Å²) in [6, 6.07) is 14.7. The van der Waals surface area contributed by atoms with Gasteiger partial charge >= 0.3 is 0 Å². The van der Waals surface area contributed by atoms with Crippen molar-refractivity contribution in [1.82, 2.24) is 15.6 Å². The Morgan fingerprint density at radius 1 is 1.19 bits per heavy atom. The summed E-state index contributed by atoms with van der Waals surface area (Å²) in [5, 5.41) is 8.79. The molecule has 4 rings (SSSR count). The summed E-state index contributed by atoms with van der Waals surface area (Å²) in [5.41, 5.74) is 2.51. The van der Waals surface area contributed by atoms with Crippen molar-refractivity contribution in [3.05, 3.63) is 65.4 Å². The Morgan fingerprint density at radius 3 is 2.67 bits per heavy atom. The molecule has 1 aromatic carbocycles. The van der Waals surface area contributed by atoms with Crippen LogP contribution in [-0.2, 0) is 12.0 Å². The van der Waals surface area contributed by atoms with Gasteiger partial charge in [-0.1, -0.05) is 36.4 Å². The Morgan fingerprint density at radius 2 is 2.00 bits per heavy atom. The maximum Gasteiger partial charge on any atom is 0.236 e. The van der Waals surface area contributed by atoms with Crippen LogP contribution in [0.15, 0.2) is 63.5 Å². The van der Waals surface area contributed by atoms with E-state index in [1.807, 2.05) is 17.5 Å². The topological polar surface area (TPSA) is 62.5 Å². The number of aromatic nitrogens is 1. The molecule has 2 aromatic heterocycles. The van der Waals surface area contributed by atoms with Gasteiger partial charge in [-0.2, -0.15) is 0 Å². The van der Waals surface area contributed by atoms with Crippen molar-refractivity contribution in [2.24, 2.45) is 4.99 Å². The van der Waals surface area contributed by atoms with E-state index in [1.54, 1.807) is 24.6 Å². The van der Waals surface area contributed by atoms with Crippen LogP contribution in [0.25, 0.3) is 10.8 Å². The fourth-order valence-corrected chi connectivity index (χ4v) is 3.71. The van der Waals surface area contributed by atoms with Gasteiger partial charge in [0, 0.05) is 19.0 Å². The summed E-state index contributed by atoms with van der Waals surface area (Å²) in [4.78, 5) is 9.89. The minimum absolute atomic E-state index is 0. The fraction of sp³-hybridized carbons (Fsp3) is 0.300. The third-order valence-corrected chi connectivity index (χ3v) is 5.64. The maximum atomic E-state index is 5.56. The highest BCUT2D eigenvalue weighted by atomic mass is 127. The van der Waals surface area contributed by atoms with E-state index in [0.29, 0.717) is 12.4 Å². The number of nitrogens with zero attached hydrogens (tertiary/aromatic N) is 2. The van der Waals surface area contributed by atoms with Crippen molar-refractivity contribution in [3.63, 3.8) is 0 Å². The van der Waals surface area contributed by atoms with Crippen LogP contribution in [0.1, 0.15) is 24.1 Å². The van der Waals surface area contributed by atoms with Crippen molar-refractivity contribution in [2.75, 3.05) is 13.6 Å². The highest BCUT2D eigenvalue weighted by Crippen LogP contribution is 2.47. The normalized spacial score (nSPS) is 15.1. The van der Waals surface area contributed by atoms with Crippen LogP contribution in [-0.4, -0.2) is 24.5 Å². The molecule has 2 N–H and O–H groups in total. The second kappa shape index (κ2) is 8.88. The number of hydrogen-bond acceptors (Lipinski definition) is 4. The van der Waals surface area contributed by atoms with Crippen molar-refractivity contribution in [3.8, 4) is 10.8 Å². The predicted octanol–water partition coefficient (Wildman–Crippen LogP) is 4.42. The zero-order valence-corrected chi connectivity index (χ0v) is 18.3. The van der Waals surface area contributed by atoms with Gasteiger partial charge in [-0.15, -0.1) is 35.3 Å². The first kappa shape index (κ1) is 19.9. The molecule has 0 radical (unpaired) electrons. The van der Waals surface area contributed by atoms with Gasteiger partial charge in [-0.25, -0.2) is 4.98 Å². The monoisotopic (exact) mass is 494 g/mol. The molecule has 5 nitrogen and oxygen atoms in total. The number of guanidine groups is 1. The number of hydrogen-bond donors (Lipinski definition) is 2. The summed E-state index contributed by atoms with van der Waals surface area (Å²) < 4.78 is 5.56. The zero-order chi connectivity index (χ0) is 17.8. The van der Waals surface area contributed by atoms with E-state index in [9.17, 15) is 0 Å². The highest BCUT2D eigenvalue weighted by Gasteiger charge is 2.43. The number of aliphatic imine (C=N–C) groups is 1. The molecular formula is C20H23IN4OS. The molecule has 1 aliphatic carbocycles. The second-order valence-electron chi connectivity index (χ2n) is 6.55. The van der Waals surface area contributed by atoms with Gasteiger partial charge in [0.15, 0.2) is 5.96 Å². The van der Waals surface area contributed by atoms with Crippen molar-refractivity contribution in [2.45, 2.75) is 24.8 Å². The largest absolute Gasteiger partial charge is 0.443 e. The molecule has 142 valence electrons. The van der Waals surface area contributed by atoms with Crippen LogP contribution < -0.4 is 10.6 Å². The Bertz CT molecular complexity index is 873. The first-order chi connectivity index (χ1) is 12.8. The van der Waals surface area contributed by atoms with E-state index in [-0.39, 0.29) is 29.4 Å². The highest BCUT2D eigenvalue weighted by molar-refractivity contribution is 14.0. The quantitative estimate of drug-likeness (QED) is 0.303. The Kier molecular flexibility index (Phi) is 6.54. The lowest BCUT2D eigenvalue weighted by molar-refractivity contribution is 0.573. The lowest BCUT2D eigenvalue weighted by Gasteiger charge is -2.18. The van der Waals surface area contributed by atoms with Gasteiger partial charge in [-0.05, 0) is 29.9 Å². The molecule has 3 aromatic rings. The maximum absolute atomic E-state index is 5.56. The van der Waals surface area contributed by atoms with Crippen LogP contribution in [0.5, 0.6) is 0 Å². The van der Waals surface area contributed by atoms with E-state index in [1.165, 1.54) is 18.4 Å². The molecule has 0 amide bonds. The van der Waals surface area contributed by atoms with E-state index in [4.69, 9.17) is 4.42 Å². The molecule has 1 saturated carbocycles. The number of benzene rings is 1. The molecule has 2 heterocycles. The summed E-state index contributed by atoms with van der Waals surface area (Å²) in [5.74, 6) is 1.45. The SMILES string of the molecule is CN=C(NCc1coc(-c2cccs2)n1)NCC1(c2ccccc2)CC1.I. The Hall–Kier alpha value is -1.87. The van der Waals surface area contributed by atoms with Gasteiger partial charge in [-0.3, -0.25) is 4.99 Å². The molecule has 0 unspecified atom stereocenters. The molecule has 1 fully saturated rings. The van der Waals surface area contributed by atoms with Crippen molar-refractivity contribution in [1.29, 1.82) is 0 Å². The lowest BCUT2D eigenvalue weighted by atomic mass is 9.96. The first-order valence-corrected chi connectivity index (χ1v) is 9.65. The van der Waals surface area contributed by atoms with Crippen molar-refractivity contribution < 1.29 is 4.42 Å². The van der Waals surface area contributed by atoms with E-state index in [0.717, 1.165) is 23.1 Å². The third kappa shape index (κ3) is 4.70. The third-order valence-electron chi connectivity index (χ3n) is 4.78. The van der Waals surface area contributed by atoms with Gasteiger partial charge < -0.3 is 15.1 Å². The van der Waals surface area contributed by atoms with Gasteiger partial charge in [0.25, 0.3) is 0 Å². The number of oxazole rings is 1. The number of halogens is 1. The average molecular weight is 494 g/mol. The second-order valence-corrected chi connectivity index (χ2v) is 7.49. The number of thiophene rings is 1.